The first-order valence-electron chi connectivity index (χ1n) is 6.02. The number of rotatable bonds is 4. The van der Waals surface area contributed by atoms with Gasteiger partial charge in [0.05, 0.1) is 16.6 Å². The van der Waals surface area contributed by atoms with Gasteiger partial charge in [-0.05, 0) is 25.5 Å². The number of benzene rings is 1. The van der Waals surface area contributed by atoms with Gasteiger partial charge in [0.25, 0.3) is 0 Å². The molecular weight excluding hydrogens is 319 g/mol. The molecule has 0 heterocycles. The first-order valence-corrected chi connectivity index (χ1v) is 8.26. The number of sulfonamides is 1. The first-order chi connectivity index (χ1) is 9.31. The van der Waals surface area contributed by atoms with Gasteiger partial charge in [0.2, 0.25) is 10.0 Å². The third-order valence-electron chi connectivity index (χ3n) is 2.57. The second-order valence-corrected chi connectivity index (χ2v) is 6.67. The van der Waals surface area contributed by atoms with E-state index in [0.29, 0.717) is 12.0 Å². The van der Waals surface area contributed by atoms with Crippen LogP contribution in [0.3, 0.4) is 0 Å². The quantitative estimate of drug-likeness (QED) is 0.830. The Morgan fingerprint density at radius 1 is 1.35 bits per heavy atom. The van der Waals surface area contributed by atoms with Crippen molar-refractivity contribution in [2.75, 3.05) is 6.54 Å². The van der Waals surface area contributed by atoms with E-state index in [2.05, 4.69) is 16.6 Å². The molecule has 0 aliphatic carbocycles. The van der Waals surface area contributed by atoms with Crippen molar-refractivity contribution in [3.8, 4) is 11.8 Å². The van der Waals surface area contributed by atoms with Gasteiger partial charge in [-0.25, -0.2) is 13.1 Å². The molecule has 0 amide bonds. The Morgan fingerprint density at radius 3 is 2.35 bits per heavy atom. The van der Waals surface area contributed by atoms with Crippen molar-refractivity contribution in [1.29, 1.82) is 0 Å². The molecule has 1 rings (SSSR count). The molecule has 1 atom stereocenters. The summed E-state index contributed by atoms with van der Waals surface area (Å²) in [6.45, 7) is 3.84. The molecule has 0 aromatic heterocycles. The van der Waals surface area contributed by atoms with Gasteiger partial charge in [0.15, 0.2) is 0 Å². The highest BCUT2D eigenvalue weighted by atomic mass is 35.5. The third-order valence-corrected chi connectivity index (χ3v) is 5.08. The SMILES string of the molecule is CCC(C)NS(=O)(=O)c1c(Cl)cc(C#CCN)cc1Cl. The molecule has 0 aliphatic rings. The Labute approximate surface area is 129 Å². The Hall–Kier alpha value is -0.770. The highest BCUT2D eigenvalue weighted by Gasteiger charge is 2.23. The molecule has 0 aliphatic heterocycles. The average molecular weight is 335 g/mol. The minimum absolute atomic E-state index is 0.0367. The van der Waals surface area contributed by atoms with Crippen molar-refractivity contribution in [2.24, 2.45) is 5.73 Å². The first kappa shape index (κ1) is 17.3. The fourth-order valence-corrected chi connectivity index (χ4v) is 3.99. The topological polar surface area (TPSA) is 72.2 Å². The highest BCUT2D eigenvalue weighted by Crippen LogP contribution is 2.30. The molecule has 3 N–H and O–H groups in total. The van der Waals surface area contributed by atoms with Gasteiger partial charge < -0.3 is 5.73 Å². The predicted molar refractivity (Wildman–Crippen MR) is 82.5 cm³/mol. The van der Waals surface area contributed by atoms with Crippen LogP contribution in [-0.2, 0) is 10.0 Å². The number of nitrogens with two attached hydrogens (primary N) is 1. The minimum Gasteiger partial charge on any atom is -0.320 e. The standard InChI is InChI=1S/C13H16Cl2N2O2S/c1-3-9(2)17-20(18,19)13-11(14)7-10(5-4-6-16)8-12(13)15/h7-9,17H,3,6,16H2,1-2H3. The summed E-state index contributed by atoms with van der Waals surface area (Å²) in [6, 6.07) is 2.71. The van der Waals surface area contributed by atoms with Crippen molar-refractivity contribution in [3.05, 3.63) is 27.7 Å². The van der Waals surface area contributed by atoms with E-state index in [4.69, 9.17) is 28.9 Å². The summed E-state index contributed by atoms with van der Waals surface area (Å²) in [5.74, 6) is 5.41. The van der Waals surface area contributed by atoms with Crippen molar-refractivity contribution < 1.29 is 8.42 Å². The van der Waals surface area contributed by atoms with Crippen molar-refractivity contribution >= 4 is 33.2 Å². The van der Waals surface area contributed by atoms with Crippen LogP contribution in [0.1, 0.15) is 25.8 Å². The van der Waals surface area contributed by atoms with Gasteiger partial charge in [0, 0.05) is 11.6 Å². The van der Waals surface area contributed by atoms with E-state index in [9.17, 15) is 8.42 Å². The van der Waals surface area contributed by atoms with Gasteiger partial charge in [0.1, 0.15) is 4.90 Å². The molecular formula is C13H16Cl2N2O2S. The second-order valence-electron chi connectivity index (χ2n) is 4.21. The molecule has 1 unspecified atom stereocenters. The van der Waals surface area contributed by atoms with Crippen LogP contribution in [0.25, 0.3) is 0 Å². The van der Waals surface area contributed by atoms with Crippen molar-refractivity contribution in [1.82, 2.24) is 4.72 Å². The monoisotopic (exact) mass is 334 g/mol. The van der Waals surface area contributed by atoms with Gasteiger partial charge in [-0.1, -0.05) is 42.0 Å². The Balaban J connectivity index is 3.26. The predicted octanol–water partition coefficient (Wildman–Crippen LogP) is 2.38. The fraction of sp³-hybridized carbons (Fsp3) is 0.385. The molecule has 0 fully saturated rings. The molecule has 0 saturated heterocycles. The maximum absolute atomic E-state index is 12.2. The van der Waals surface area contributed by atoms with E-state index < -0.39 is 10.0 Å². The maximum Gasteiger partial charge on any atom is 0.243 e. The van der Waals surface area contributed by atoms with Crippen molar-refractivity contribution in [2.45, 2.75) is 31.2 Å². The summed E-state index contributed by atoms with van der Waals surface area (Å²) in [4.78, 5) is -0.126. The van der Waals surface area contributed by atoms with Crippen molar-refractivity contribution in [3.63, 3.8) is 0 Å². The zero-order valence-corrected chi connectivity index (χ0v) is 13.5. The van der Waals surface area contributed by atoms with Crippen LogP contribution in [0, 0.1) is 11.8 Å². The molecule has 4 nitrogen and oxygen atoms in total. The molecule has 0 spiro atoms. The zero-order chi connectivity index (χ0) is 15.3. The lowest BCUT2D eigenvalue weighted by molar-refractivity contribution is 0.556. The Morgan fingerprint density at radius 2 is 1.90 bits per heavy atom. The summed E-state index contributed by atoms with van der Waals surface area (Å²) >= 11 is 12.0. The summed E-state index contributed by atoms with van der Waals surface area (Å²) in [6.07, 6.45) is 0.661. The smallest absolute Gasteiger partial charge is 0.243 e. The van der Waals surface area contributed by atoms with Gasteiger partial charge >= 0.3 is 0 Å². The van der Waals surface area contributed by atoms with E-state index in [0.717, 1.165) is 0 Å². The highest BCUT2D eigenvalue weighted by molar-refractivity contribution is 7.89. The molecule has 20 heavy (non-hydrogen) atoms. The van der Waals surface area contributed by atoms with Crippen LogP contribution in [0.4, 0.5) is 0 Å². The number of nitrogens with one attached hydrogen (secondary N) is 1. The third kappa shape index (κ3) is 4.37. The lowest BCUT2D eigenvalue weighted by atomic mass is 10.2. The van der Waals surface area contributed by atoms with E-state index >= 15 is 0 Å². The molecule has 1 aromatic rings. The van der Waals surface area contributed by atoms with Gasteiger partial charge in [-0.15, -0.1) is 0 Å². The lowest BCUT2D eigenvalue weighted by Crippen LogP contribution is -2.32. The molecule has 1 aromatic carbocycles. The Bertz CT molecular complexity index is 625. The largest absolute Gasteiger partial charge is 0.320 e. The number of hydrogen-bond acceptors (Lipinski definition) is 3. The van der Waals surface area contributed by atoms with Crippen LogP contribution in [0.15, 0.2) is 17.0 Å². The summed E-state index contributed by atoms with van der Waals surface area (Å²) < 4.78 is 27.0. The van der Waals surface area contributed by atoms with E-state index in [1.54, 1.807) is 6.92 Å². The summed E-state index contributed by atoms with van der Waals surface area (Å²) in [7, 11) is -3.76. The molecule has 0 radical (unpaired) electrons. The maximum atomic E-state index is 12.2. The van der Waals surface area contributed by atoms with Crippen LogP contribution in [-0.4, -0.2) is 21.0 Å². The van der Waals surface area contributed by atoms with E-state index in [1.165, 1.54) is 12.1 Å². The molecule has 110 valence electrons. The second kappa shape index (κ2) is 7.30. The summed E-state index contributed by atoms with van der Waals surface area (Å²) in [5, 5.41) is 0.0734. The van der Waals surface area contributed by atoms with Crippen LogP contribution in [0.2, 0.25) is 10.0 Å². The molecule has 0 saturated carbocycles. The van der Waals surface area contributed by atoms with Crippen LogP contribution < -0.4 is 10.5 Å². The number of hydrogen-bond donors (Lipinski definition) is 2. The van der Waals surface area contributed by atoms with E-state index in [-0.39, 0.29) is 27.5 Å². The Kier molecular flexibility index (Phi) is 6.31. The average Bonchev–Trinajstić information content (AvgIpc) is 2.34. The van der Waals surface area contributed by atoms with Gasteiger partial charge in [-0.3, -0.25) is 0 Å². The van der Waals surface area contributed by atoms with Crippen LogP contribution in [0.5, 0.6) is 0 Å². The van der Waals surface area contributed by atoms with E-state index in [1.807, 2.05) is 6.92 Å². The number of halogens is 2. The zero-order valence-electron chi connectivity index (χ0n) is 11.2. The lowest BCUT2D eigenvalue weighted by Gasteiger charge is -2.14. The minimum atomic E-state index is -3.76. The van der Waals surface area contributed by atoms with Gasteiger partial charge in [-0.2, -0.15) is 0 Å². The normalized spacial score (nSPS) is 12.7. The van der Waals surface area contributed by atoms with Crippen LogP contribution >= 0.6 is 23.2 Å². The summed E-state index contributed by atoms with van der Waals surface area (Å²) in [5.41, 5.74) is 5.80. The fourth-order valence-electron chi connectivity index (χ4n) is 1.45. The molecule has 7 heteroatoms. The molecule has 0 bridgehead atoms.